The fraction of sp³-hybridized carbons (Fsp3) is 0.417. The van der Waals surface area contributed by atoms with E-state index in [0.717, 1.165) is 5.56 Å². The van der Waals surface area contributed by atoms with Crippen LogP contribution in [0.15, 0.2) is 24.3 Å². The fourth-order valence-electron chi connectivity index (χ4n) is 1.27. The maximum atomic E-state index is 11.3. The maximum Gasteiger partial charge on any atom is 0.409 e. The number of rotatable bonds is 3. The van der Waals surface area contributed by atoms with Gasteiger partial charge in [0.1, 0.15) is 0 Å². The molecule has 0 aliphatic rings. The Morgan fingerprint density at radius 1 is 1.33 bits per heavy atom. The highest BCUT2D eigenvalue weighted by atomic mass is 16.5. The Hall–Kier alpha value is -1.51. The van der Waals surface area contributed by atoms with E-state index in [1.54, 1.807) is 18.9 Å². The zero-order chi connectivity index (χ0) is 11.3. The lowest BCUT2D eigenvalue weighted by atomic mass is 10.1. The summed E-state index contributed by atoms with van der Waals surface area (Å²) in [6.45, 7) is 4.84. The number of ether oxygens (including phenoxy) is 1. The summed E-state index contributed by atoms with van der Waals surface area (Å²) in [5.41, 5.74) is 2.33. The number of hydrogen-bond donors (Lipinski definition) is 0. The molecule has 1 aromatic rings. The van der Waals surface area contributed by atoms with Crippen LogP contribution in [0.25, 0.3) is 0 Å². The molecular formula is C12H17NO2. The predicted molar refractivity (Wildman–Crippen MR) is 59.7 cm³/mol. The molecule has 15 heavy (non-hydrogen) atoms. The average molecular weight is 207 g/mol. The summed E-state index contributed by atoms with van der Waals surface area (Å²) in [7, 11) is 1.73. The van der Waals surface area contributed by atoms with E-state index in [0.29, 0.717) is 13.2 Å². The molecule has 0 unspecified atom stereocenters. The topological polar surface area (TPSA) is 29.5 Å². The smallest absolute Gasteiger partial charge is 0.409 e. The first-order valence-corrected chi connectivity index (χ1v) is 5.07. The van der Waals surface area contributed by atoms with Gasteiger partial charge in [0.25, 0.3) is 0 Å². The van der Waals surface area contributed by atoms with Crippen LogP contribution >= 0.6 is 0 Å². The van der Waals surface area contributed by atoms with Crippen LogP contribution < -0.4 is 0 Å². The largest absolute Gasteiger partial charge is 0.450 e. The molecule has 82 valence electrons. The number of nitrogens with zero attached hydrogens (tertiary/aromatic N) is 1. The van der Waals surface area contributed by atoms with Gasteiger partial charge >= 0.3 is 6.09 Å². The Morgan fingerprint density at radius 3 is 2.47 bits per heavy atom. The molecule has 0 aliphatic heterocycles. The molecule has 0 saturated carbocycles. The second kappa shape index (κ2) is 5.39. The molecule has 0 radical (unpaired) electrons. The number of hydrogen-bond acceptors (Lipinski definition) is 2. The highest BCUT2D eigenvalue weighted by Gasteiger charge is 2.08. The van der Waals surface area contributed by atoms with Crippen LogP contribution in [0, 0.1) is 6.92 Å². The van der Waals surface area contributed by atoms with Crippen LogP contribution in [-0.4, -0.2) is 24.6 Å². The van der Waals surface area contributed by atoms with Gasteiger partial charge in [-0.25, -0.2) is 4.79 Å². The van der Waals surface area contributed by atoms with Crippen LogP contribution in [0.3, 0.4) is 0 Å². The third kappa shape index (κ3) is 3.62. The van der Waals surface area contributed by atoms with Crippen LogP contribution in [0.1, 0.15) is 18.1 Å². The molecule has 0 saturated heterocycles. The van der Waals surface area contributed by atoms with Crippen LogP contribution in [0.5, 0.6) is 0 Å². The molecule has 0 heterocycles. The summed E-state index contributed by atoms with van der Waals surface area (Å²) in [6, 6.07) is 8.11. The van der Waals surface area contributed by atoms with Crippen molar-refractivity contribution in [1.82, 2.24) is 4.90 Å². The van der Waals surface area contributed by atoms with Crippen LogP contribution in [0.2, 0.25) is 0 Å². The van der Waals surface area contributed by atoms with E-state index in [-0.39, 0.29) is 6.09 Å². The summed E-state index contributed by atoms with van der Waals surface area (Å²) in [4.78, 5) is 12.9. The molecule has 3 heteroatoms. The van der Waals surface area contributed by atoms with Gasteiger partial charge in [0.2, 0.25) is 0 Å². The average Bonchev–Trinajstić information content (AvgIpc) is 2.22. The molecule has 0 bridgehead atoms. The molecule has 1 aromatic carbocycles. The third-order valence-corrected chi connectivity index (χ3v) is 2.12. The minimum absolute atomic E-state index is 0.280. The molecule has 1 amide bonds. The number of benzene rings is 1. The summed E-state index contributed by atoms with van der Waals surface area (Å²) in [6.07, 6.45) is -0.280. The zero-order valence-corrected chi connectivity index (χ0v) is 9.49. The van der Waals surface area contributed by atoms with Gasteiger partial charge in [-0.15, -0.1) is 0 Å². The molecule has 0 aliphatic carbocycles. The second-order valence-electron chi connectivity index (χ2n) is 3.54. The lowest BCUT2D eigenvalue weighted by Gasteiger charge is -2.16. The zero-order valence-electron chi connectivity index (χ0n) is 9.49. The predicted octanol–water partition coefficient (Wildman–Crippen LogP) is 2.58. The van der Waals surface area contributed by atoms with Crippen molar-refractivity contribution in [3.63, 3.8) is 0 Å². The second-order valence-corrected chi connectivity index (χ2v) is 3.54. The Bertz CT molecular complexity index is 319. The maximum absolute atomic E-state index is 11.3. The van der Waals surface area contributed by atoms with Gasteiger partial charge in [0, 0.05) is 13.6 Å². The van der Waals surface area contributed by atoms with Gasteiger partial charge < -0.3 is 9.64 Å². The van der Waals surface area contributed by atoms with Crippen molar-refractivity contribution in [2.75, 3.05) is 13.7 Å². The lowest BCUT2D eigenvalue weighted by Crippen LogP contribution is -2.26. The number of carbonyl (C=O) groups is 1. The van der Waals surface area contributed by atoms with Gasteiger partial charge in [-0.1, -0.05) is 29.8 Å². The summed E-state index contributed by atoms with van der Waals surface area (Å²) in [5, 5.41) is 0. The molecule has 1 rings (SSSR count). The molecule has 0 spiro atoms. The third-order valence-electron chi connectivity index (χ3n) is 2.12. The standard InChI is InChI=1S/C12H17NO2/c1-4-15-12(14)13(3)9-11-7-5-10(2)6-8-11/h5-8H,4,9H2,1-3H3. The lowest BCUT2D eigenvalue weighted by molar-refractivity contribution is 0.114. The van der Waals surface area contributed by atoms with E-state index in [9.17, 15) is 4.79 Å². The van der Waals surface area contributed by atoms with E-state index in [4.69, 9.17) is 4.74 Å². The van der Waals surface area contributed by atoms with Crippen molar-refractivity contribution >= 4 is 6.09 Å². The van der Waals surface area contributed by atoms with Crippen molar-refractivity contribution in [3.05, 3.63) is 35.4 Å². The normalized spacial score (nSPS) is 9.80. The van der Waals surface area contributed by atoms with E-state index in [1.165, 1.54) is 5.56 Å². The first-order chi connectivity index (χ1) is 7.13. The highest BCUT2D eigenvalue weighted by molar-refractivity contribution is 5.67. The SMILES string of the molecule is CCOC(=O)N(C)Cc1ccc(C)cc1. The molecule has 0 aromatic heterocycles. The Labute approximate surface area is 90.7 Å². The van der Waals surface area contributed by atoms with Crippen LogP contribution in [0.4, 0.5) is 4.79 Å². The van der Waals surface area contributed by atoms with E-state index in [1.807, 2.05) is 31.2 Å². The van der Waals surface area contributed by atoms with Crippen molar-refractivity contribution in [2.24, 2.45) is 0 Å². The summed E-state index contributed by atoms with van der Waals surface area (Å²) >= 11 is 0. The van der Waals surface area contributed by atoms with Crippen molar-refractivity contribution in [2.45, 2.75) is 20.4 Å². The first-order valence-electron chi connectivity index (χ1n) is 5.07. The van der Waals surface area contributed by atoms with Gasteiger partial charge in [-0.3, -0.25) is 0 Å². The fourth-order valence-corrected chi connectivity index (χ4v) is 1.27. The van der Waals surface area contributed by atoms with Gasteiger partial charge in [-0.2, -0.15) is 0 Å². The Balaban J connectivity index is 2.54. The summed E-state index contributed by atoms with van der Waals surface area (Å²) in [5.74, 6) is 0. The molecule has 0 fully saturated rings. The molecule has 0 N–H and O–H groups in total. The number of carbonyl (C=O) groups excluding carboxylic acids is 1. The van der Waals surface area contributed by atoms with Gasteiger partial charge in [0.05, 0.1) is 6.61 Å². The Morgan fingerprint density at radius 2 is 1.93 bits per heavy atom. The van der Waals surface area contributed by atoms with E-state index >= 15 is 0 Å². The van der Waals surface area contributed by atoms with E-state index in [2.05, 4.69) is 0 Å². The van der Waals surface area contributed by atoms with Crippen molar-refractivity contribution in [3.8, 4) is 0 Å². The van der Waals surface area contributed by atoms with Crippen molar-refractivity contribution < 1.29 is 9.53 Å². The summed E-state index contributed by atoms with van der Waals surface area (Å²) < 4.78 is 4.89. The van der Waals surface area contributed by atoms with Crippen LogP contribution in [-0.2, 0) is 11.3 Å². The molecule has 3 nitrogen and oxygen atoms in total. The van der Waals surface area contributed by atoms with Gasteiger partial charge in [0.15, 0.2) is 0 Å². The highest BCUT2D eigenvalue weighted by Crippen LogP contribution is 2.06. The van der Waals surface area contributed by atoms with E-state index < -0.39 is 0 Å². The Kier molecular flexibility index (Phi) is 4.16. The van der Waals surface area contributed by atoms with Crippen molar-refractivity contribution in [1.29, 1.82) is 0 Å². The minimum Gasteiger partial charge on any atom is -0.450 e. The quantitative estimate of drug-likeness (QED) is 0.762. The number of aryl methyl sites for hydroxylation is 1. The monoisotopic (exact) mass is 207 g/mol. The minimum atomic E-state index is -0.280. The number of amides is 1. The van der Waals surface area contributed by atoms with Gasteiger partial charge in [-0.05, 0) is 19.4 Å². The first kappa shape index (κ1) is 11.6. The molecular weight excluding hydrogens is 190 g/mol. The molecule has 0 atom stereocenters.